The van der Waals surface area contributed by atoms with Crippen molar-refractivity contribution in [3.8, 4) is 0 Å². The van der Waals surface area contributed by atoms with E-state index in [2.05, 4.69) is 23.7 Å². The van der Waals surface area contributed by atoms with E-state index < -0.39 is 0 Å². The van der Waals surface area contributed by atoms with Crippen LogP contribution in [-0.2, 0) is 47.7 Å². The first-order valence-corrected chi connectivity index (χ1v) is 11.5. The molecule has 210 valence electrons. The van der Waals surface area contributed by atoms with Gasteiger partial charge in [-0.3, -0.25) is 24.0 Å². The minimum atomic E-state index is -0.211. The van der Waals surface area contributed by atoms with Crippen molar-refractivity contribution in [3.63, 3.8) is 0 Å². The standard InChI is InChI=1S/C6H6.5C4H8O2/c1-2-4-6-5-3-1;5*1-3-6-4(2)5/h1-6H;5*3H2,1-2H3. The van der Waals surface area contributed by atoms with Gasteiger partial charge in [0.2, 0.25) is 0 Å². The van der Waals surface area contributed by atoms with Crippen molar-refractivity contribution in [3.05, 3.63) is 36.4 Å². The molecular formula is C26H46O10. The van der Waals surface area contributed by atoms with Gasteiger partial charge in [-0.15, -0.1) is 0 Å². The highest BCUT2D eigenvalue weighted by atomic mass is 16.5. The van der Waals surface area contributed by atoms with Gasteiger partial charge in [0.25, 0.3) is 0 Å². The molecule has 0 atom stereocenters. The van der Waals surface area contributed by atoms with Crippen molar-refractivity contribution >= 4 is 29.8 Å². The summed E-state index contributed by atoms with van der Waals surface area (Å²) in [5, 5.41) is 0. The van der Waals surface area contributed by atoms with E-state index in [4.69, 9.17) is 0 Å². The van der Waals surface area contributed by atoms with E-state index in [-0.39, 0.29) is 29.8 Å². The molecule has 0 amide bonds. The van der Waals surface area contributed by atoms with Crippen molar-refractivity contribution in [2.24, 2.45) is 0 Å². The zero-order chi connectivity index (χ0) is 29.2. The summed E-state index contributed by atoms with van der Waals surface area (Å²) >= 11 is 0. The molecular weight excluding hydrogens is 472 g/mol. The molecule has 0 spiro atoms. The second-order valence-electron chi connectivity index (χ2n) is 5.78. The maximum Gasteiger partial charge on any atom is 0.302 e. The number of ether oxygens (including phenoxy) is 5. The fraction of sp³-hybridized carbons (Fsp3) is 0.577. The predicted octanol–water partition coefficient (Wildman–Crippen LogP) is 4.53. The average Bonchev–Trinajstić information content (AvgIpc) is 2.77. The Hall–Kier alpha value is -3.43. The first-order valence-electron chi connectivity index (χ1n) is 11.5. The van der Waals surface area contributed by atoms with Crippen LogP contribution in [0.4, 0.5) is 0 Å². The molecule has 0 heterocycles. The van der Waals surface area contributed by atoms with Crippen LogP contribution in [0.25, 0.3) is 0 Å². The van der Waals surface area contributed by atoms with E-state index in [1.165, 1.54) is 34.6 Å². The second kappa shape index (κ2) is 38.8. The smallest absolute Gasteiger partial charge is 0.302 e. The quantitative estimate of drug-likeness (QED) is 0.404. The Morgan fingerprint density at radius 2 is 0.472 bits per heavy atom. The lowest BCUT2D eigenvalue weighted by Gasteiger charge is -1.89. The number of esters is 5. The fourth-order valence-corrected chi connectivity index (χ4v) is 1.40. The molecule has 0 aliphatic heterocycles. The molecule has 0 N–H and O–H groups in total. The lowest BCUT2D eigenvalue weighted by Crippen LogP contribution is -1.95. The first kappa shape index (κ1) is 42.7. The van der Waals surface area contributed by atoms with Gasteiger partial charge in [-0.25, -0.2) is 0 Å². The highest BCUT2D eigenvalue weighted by Crippen LogP contribution is 1.80. The minimum absolute atomic E-state index is 0.211. The molecule has 10 heteroatoms. The van der Waals surface area contributed by atoms with Crippen LogP contribution < -0.4 is 0 Å². The first-order chi connectivity index (χ1) is 16.9. The topological polar surface area (TPSA) is 132 Å². The molecule has 0 saturated carbocycles. The summed E-state index contributed by atoms with van der Waals surface area (Å²) in [6, 6.07) is 12.0. The Morgan fingerprint density at radius 3 is 0.500 bits per heavy atom. The van der Waals surface area contributed by atoms with E-state index >= 15 is 0 Å². The Bertz CT molecular complexity index is 511. The lowest BCUT2D eigenvalue weighted by molar-refractivity contribution is -0.141. The van der Waals surface area contributed by atoms with Crippen LogP contribution in [0.2, 0.25) is 0 Å². The molecule has 0 unspecified atom stereocenters. The predicted molar refractivity (Wildman–Crippen MR) is 138 cm³/mol. The molecule has 1 rings (SSSR count). The van der Waals surface area contributed by atoms with Crippen molar-refractivity contribution in [1.29, 1.82) is 0 Å². The molecule has 0 aliphatic carbocycles. The Morgan fingerprint density at radius 1 is 0.361 bits per heavy atom. The molecule has 1 aromatic carbocycles. The van der Waals surface area contributed by atoms with E-state index in [1.54, 1.807) is 34.6 Å². The molecule has 1 aromatic rings. The van der Waals surface area contributed by atoms with Gasteiger partial charge in [-0.2, -0.15) is 0 Å². The highest BCUT2D eigenvalue weighted by Gasteiger charge is 1.83. The fourth-order valence-electron chi connectivity index (χ4n) is 1.40. The zero-order valence-corrected chi connectivity index (χ0v) is 23.6. The number of hydrogen-bond donors (Lipinski definition) is 0. The van der Waals surface area contributed by atoms with Gasteiger partial charge < -0.3 is 23.7 Å². The molecule has 0 aliphatic rings. The maximum absolute atomic E-state index is 9.82. The maximum atomic E-state index is 9.82. The number of hydrogen-bond acceptors (Lipinski definition) is 10. The van der Waals surface area contributed by atoms with Gasteiger partial charge in [0.05, 0.1) is 33.0 Å². The SMILES string of the molecule is CCOC(C)=O.CCOC(C)=O.CCOC(C)=O.CCOC(C)=O.CCOC(C)=O.c1ccccc1. The zero-order valence-electron chi connectivity index (χ0n) is 23.6. The van der Waals surface area contributed by atoms with Gasteiger partial charge in [0.15, 0.2) is 0 Å². The Balaban J connectivity index is -0.000000107. The monoisotopic (exact) mass is 518 g/mol. The number of rotatable bonds is 5. The Labute approximate surface area is 216 Å². The summed E-state index contributed by atoms with van der Waals surface area (Å²) in [5.41, 5.74) is 0. The summed E-state index contributed by atoms with van der Waals surface area (Å²) in [4.78, 5) is 49.1. The normalized spacial score (nSPS) is 7.72. The molecule has 0 bridgehead atoms. The summed E-state index contributed by atoms with van der Waals surface area (Å²) in [5.74, 6) is -1.05. The van der Waals surface area contributed by atoms with E-state index in [1.807, 2.05) is 36.4 Å². The largest absolute Gasteiger partial charge is 0.466 e. The van der Waals surface area contributed by atoms with E-state index in [9.17, 15) is 24.0 Å². The summed E-state index contributed by atoms with van der Waals surface area (Å²) < 4.78 is 22.0. The van der Waals surface area contributed by atoms with Gasteiger partial charge >= 0.3 is 29.8 Å². The Kier molecular flexibility index (Phi) is 46.0. The molecule has 10 nitrogen and oxygen atoms in total. The highest BCUT2D eigenvalue weighted by molar-refractivity contribution is 5.66. The van der Waals surface area contributed by atoms with Gasteiger partial charge in [0.1, 0.15) is 0 Å². The third kappa shape index (κ3) is 86.6. The molecule has 0 radical (unpaired) electrons. The summed E-state index contributed by atoms with van der Waals surface area (Å²) in [6.45, 7) is 18.3. The van der Waals surface area contributed by atoms with Crippen LogP contribution in [0.3, 0.4) is 0 Å². The molecule has 0 aromatic heterocycles. The van der Waals surface area contributed by atoms with Crippen LogP contribution >= 0.6 is 0 Å². The molecule has 0 saturated heterocycles. The van der Waals surface area contributed by atoms with Crippen molar-refractivity contribution in [2.45, 2.75) is 69.2 Å². The summed E-state index contributed by atoms with van der Waals surface area (Å²) in [6.07, 6.45) is 0. The second-order valence-corrected chi connectivity index (χ2v) is 5.78. The number of benzene rings is 1. The van der Waals surface area contributed by atoms with Crippen LogP contribution in [0, 0.1) is 0 Å². The minimum Gasteiger partial charge on any atom is -0.466 e. The van der Waals surface area contributed by atoms with Crippen LogP contribution in [0.5, 0.6) is 0 Å². The molecule has 36 heavy (non-hydrogen) atoms. The lowest BCUT2D eigenvalue weighted by atomic mass is 10.4. The number of carbonyl (C=O) groups is 5. The van der Waals surface area contributed by atoms with Crippen molar-refractivity contribution < 1.29 is 47.7 Å². The van der Waals surface area contributed by atoms with E-state index in [0.29, 0.717) is 33.0 Å². The third-order valence-electron chi connectivity index (χ3n) is 2.40. The van der Waals surface area contributed by atoms with Crippen molar-refractivity contribution in [2.75, 3.05) is 33.0 Å². The summed E-state index contributed by atoms with van der Waals surface area (Å²) in [7, 11) is 0. The average molecular weight is 519 g/mol. The van der Waals surface area contributed by atoms with Gasteiger partial charge in [0, 0.05) is 34.6 Å². The number of carbonyl (C=O) groups excluding carboxylic acids is 5. The van der Waals surface area contributed by atoms with Crippen molar-refractivity contribution in [1.82, 2.24) is 0 Å². The van der Waals surface area contributed by atoms with Gasteiger partial charge in [-0.05, 0) is 34.6 Å². The van der Waals surface area contributed by atoms with Crippen LogP contribution in [0.1, 0.15) is 69.2 Å². The van der Waals surface area contributed by atoms with E-state index in [0.717, 1.165) is 0 Å². The third-order valence-corrected chi connectivity index (χ3v) is 2.40. The van der Waals surface area contributed by atoms with Gasteiger partial charge in [-0.1, -0.05) is 36.4 Å². The molecule has 0 fully saturated rings. The van der Waals surface area contributed by atoms with Crippen LogP contribution in [0.15, 0.2) is 36.4 Å². The van der Waals surface area contributed by atoms with Crippen LogP contribution in [-0.4, -0.2) is 62.9 Å².